The van der Waals surface area contributed by atoms with E-state index in [0.29, 0.717) is 28.6 Å². The van der Waals surface area contributed by atoms with Crippen molar-refractivity contribution in [3.05, 3.63) is 106 Å². The highest BCUT2D eigenvalue weighted by atomic mass is 35.5. The van der Waals surface area contributed by atoms with E-state index < -0.39 is 33.8 Å². The van der Waals surface area contributed by atoms with Crippen LogP contribution in [0.3, 0.4) is 0 Å². The Kier molecular flexibility index (Phi) is 6.81. The smallest absolute Gasteiger partial charge is 0.244 e. The van der Waals surface area contributed by atoms with E-state index in [1.54, 1.807) is 67.6 Å². The topological polar surface area (TPSA) is 84.0 Å². The van der Waals surface area contributed by atoms with Crippen LogP contribution in [0.2, 0.25) is 5.02 Å². The number of hydrogen-bond donors (Lipinski definition) is 0. The fourth-order valence-electron chi connectivity index (χ4n) is 6.50. The summed E-state index contributed by atoms with van der Waals surface area (Å²) >= 11 is 6.20. The summed E-state index contributed by atoms with van der Waals surface area (Å²) in [6.45, 7) is 4.04. The lowest BCUT2D eigenvalue weighted by molar-refractivity contribution is -0.122. The fourth-order valence-corrected chi connectivity index (χ4v) is 8.48. The maximum absolute atomic E-state index is 14.3. The van der Waals surface area contributed by atoms with E-state index >= 15 is 0 Å². The normalized spacial score (nSPS) is 24.8. The first-order chi connectivity index (χ1) is 19.2. The number of anilines is 1. The van der Waals surface area contributed by atoms with Crippen molar-refractivity contribution < 1.29 is 22.7 Å². The van der Waals surface area contributed by atoms with E-state index in [4.69, 9.17) is 16.3 Å². The Morgan fingerprint density at radius 3 is 2.25 bits per heavy atom. The van der Waals surface area contributed by atoms with Crippen molar-refractivity contribution in [3.8, 4) is 0 Å². The fraction of sp³-hybridized carbons (Fsp3) is 0.290. The highest BCUT2D eigenvalue weighted by Crippen LogP contribution is 2.56. The van der Waals surface area contributed by atoms with Crippen LogP contribution in [0, 0.1) is 24.7 Å². The maximum Gasteiger partial charge on any atom is 0.244 e. The van der Waals surface area contributed by atoms with Crippen LogP contribution in [-0.2, 0) is 24.3 Å². The van der Waals surface area contributed by atoms with Crippen LogP contribution in [0.25, 0.3) is 0 Å². The minimum atomic E-state index is -4.00. The van der Waals surface area contributed by atoms with Gasteiger partial charge in [-0.3, -0.25) is 14.5 Å². The number of rotatable bonds is 6. The summed E-state index contributed by atoms with van der Waals surface area (Å²) in [5.74, 6) is -1.84. The Balaban J connectivity index is 1.52. The Morgan fingerprint density at radius 2 is 1.57 bits per heavy atom. The van der Waals surface area contributed by atoms with Crippen LogP contribution in [0.4, 0.5) is 5.69 Å². The number of nitrogens with zero attached hydrogens (tertiary/aromatic N) is 2. The number of carbonyl (C=O) groups excluding carboxylic acids is 2. The Bertz CT molecular complexity index is 1620. The third-order valence-corrected chi connectivity index (χ3v) is 10.4. The van der Waals surface area contributed by atoms with Gasteiger partial charge in [-0.25, -0.2) is 8.42 Å². The minimum Gasteiger partial charge on any atom is -0.498 e. The number of carbonyl (C=O) groups is 2. The SMILES string of the molecule is CCOC1=C2[C@@H](CN(S(=O)(=O)c3ccccc3C)[C@H]2c2ccc(Cl)cc2)[C@H]2C(=O)N(c3ccccc3)C(=O)[C@H]2C1. The number of halogens is 1. The second kappa shape index (κ2) is 10.2. The summed E-state index contributed by atoms with van der Waals surface area (Å²) in [7, 11) is -4.00. The van der Waals surface area contributed by atoms with Crippen LogP contribution in [0.1, 0.15) is 30.5 Å². The maximum atomic E-state index is 14.3. The molecule has 4 atom stereocenters. The number of ether oxygens (including phenoxy) is 1. The number of amides is 2. The van der Waals surface area contributed by atoms with Crippen molar-refractivity contribution in [2.24, 2.45) is 17.8 Å². The van der Waals surface area contributed by atoms with Crippen molar-refractivity contribution in [1.82, 2.24) is 4.31 Å². The van der Waals surface area contributed by atoms with Crippen molar-refractivity contribution >= 4 is 39.1 Å². The molecule has 1 aliphatic carbocycles. The molecule has 3 aromatic carbocycles. The Labute approximate surface area is 239 Å². The van der Waals surface area contributed by atoms with Gasteiger partial charge in [0.25, 0.3) is 0 Å². The van der Waals surface area contributed by atoms with Gasteiger partial charge in [0.15, 0.2) is 0 Å². The van der Waals surface area contributed by atoms with Crippen LogP contribution in [0.15, 0.2) is 95.1 Å². The van der Waals surface area contributed by atoms with E-state index in [1.807, 2.05) is 25.1 Å². The van der Waals surface area contributed by atoms with Crippen molar-refractivity contribution in [2.45, 2.75) is 31.2 Å². The molecule has 3 aromatic rings. The predicted octanol–water partition coefficient (Wildman–Crippen LogP) is 5.51. The molecular formula is C31H29ClN2O5S. The lowest BCUT2D eigenvalue weighted by Crippen LogP contribution is -2.35. The molecule has 2 fully saturated rings. The van der Waals surface area contributed by atoms with Crippen LogP contribution >= 0.6 is 11.6 Å². The van der Waals surface area contributed by atoms with Gasteiger partial charge in [0.05, 0.1) is 40.8 Å². The molecule has 7 nitrogen and oxygen atoms in total. The zero-order chi connectivity index (χ0) is 28.2. The summed E-state index contributed by atoms with van der Waals surface area (Å²) in [5.41, 5.74) is 2.62. The second-order valence-corrected chi connectivity index (χ2v) is 12.7. The van der Waals surface area contributed by atoms with Gasteiger partial charge >= 0.3 is 0 Å². The van der Waals surface area contributed by atoms with Crippen LogP contribution in [-0.4, -0.2) is 37.7 Å². The van der Waals surface area contributed by atoms with Crippen molar-refractivity contribution in [2.75, 3.05) is 18.1 Å². The first-order valence-electron chi connectivity index (χ1n) is 13.4. The second-order valence-electron chi connectivity index (χ2n) is 10.4. The van der Waals surface area contributed by atoms with Crippen LogP contribution in [0.5, 0.6) is 0 Å². The third-order valence-electron chi connectivity index (χ3n) is 8.20. The average molecular weight is 577 g/mol. The molecular weight excluding hydrogens is 548 g/mol. The molecule has 3 aliphatic rings. The first kappa shape index (κ1) is 26.7. The Hall–Kier alpha value is -3.46. The highest BCUT2D eigenvalue weighted by Gasteiger charge is 2.60. The summed E-state index contributed by atoms with van der Waals surface area (Å²) in [5, 5.41) is 0.532. The largest absolute Gasteiger partial charge is 0.498 e. The Morgan fingerprint density at radius 1 is 0.900 bits per heavy atom. The van der Waals surface area contributed by atoms with Crippen molar-refractivity contribution in [1.29, 1.82) is 0 Å². The molecule has 0 bridgehead atoms. The van der Waals surface area contributed by atoms with Gasteiger partial charge in [-0.2, -0.15) is 4.31 Å². The van der Waals surface area contributed by atoms with E-state index in [0.717, 1.165) is 11.1 Å². The third kappa shape index (κ3) is 4.17. The highest BCUT2D eigenvalue weighted by molar-refractivity contribution is 7.89. The molecule has 0 saturated carbocycles. The molecule has 2 heterocycles. The van der Waals surface area contributed by atoms with E-state index in [1.165, 1.54) is 9.21 Å². The number of imide groups is 1. The minimum absolute atomic E-state index is 0.0543. The summed E-state index contributed by atoms with van der Waals surface area (Å²) < 4.78 is 36.2. The first-order valence-corrected chi connectivity index (χ1v) is 15.2. The van der Waals surface area contributed by atoms with Gasteiger partial charge in [-0.1, -0.05) is 60.1 Å². The van der Waals surface area contributed by atoms with Gasteiger partial charge in [-0.15, -0.1) is 0 Å². The predicted molar refractivity (Wildman–Crippen MR) is 152 cm³/mol. The molecule has 0 spiro atoms. The molecule has 40 heavy (non-hydrogen) atoms. The van der Waals surface area contributed by atoms with Crippen molar-refractivity contribution in [3.63, 3.8) is 0 Å². The molecule has 0 radical (unpaired) electrons. The lowest BCUT2D eigenvalue weighted by Gasteiger charge is -2.32. The quantitative estimate of drug-likeness (QED) is 0.361. The molecule has 0 unspecified atom stereocenters. The standard InChI is InChI=1S/C31H29ClN2O5S/c1-3-39-25-17-23-27(31(36)34(30(23)35)22-10-5-4-6-11-22)24-18-33(40(37,38)26-12-8-7-9-19(26)2)29(28(24)25)20-13-15-21(32)16-14-20/h4-16,23-24,27,29H,3,17-18H2,1-2H3/t23-,24-,27-,29-/m0/s1. The van der Waals surface area contributed by atoms with Gasteiger partial charge in [0.2, 0.25) is 21.8 Å². The summed E-state index contributed by atoms with van der Waals surface area (Å²) in [6, 6.07) is 22.2. The van der Waals surface area contributed by atoms with Crippen LogP contribution < -0.4 is 4.90 Å². The summed E-state index contributed by atoms with van der Waals surface area (Å²) in [6.07, 6.45) is 0.237. The average Bonchev–Trinajstić information content (AvgIpc) is 3.46. The number of aryl methyl sites for hydroxylation is 1. The number of sulfonamides is 1. The van der Waals surface area contributed by atoms with E-state index in [2.05, 4.69) is 0 Å². The van der Waals surface area contributed by atoms with Gasteiger partial charge in [0, 0.05) is 23.9 Å². The monoisotopic (exact) mass is 576 g/mol. The number of hydrogen-bond acceptors (Lipinski definition) is 5. The number of allylic oxidation sites excluding steroid dienone is 1. The molecule has 0 aromatic heterocycles. The van der Waals surface area contributed by atoms with Gasteiger partial charge in [0.1, 0.15) is 0 Å². The zero-order valence-electron chi connectivity index (χ0n) is 22.2. The molecule has 2 saturated heterocycles. The number of para-hydroxylation sites is 1. The molecule has 2 aliphatic heterocycles. The van der Waals surface area contributed by atoms with E-state index in [9.17, 15) is 18.0 Å². The molecule has 2 amide bonds. The van der Waals surface area contributed by atoms with E-state index in [-0.39, 0.29) is 29.7 Å². The molecule has 9 heteroatoms. The summed E-state index contributed by atoms with van der Waals surface area (Å²) in [4.78, 5) is 29.2. The number of fused-ring (bicyclic) bond motifs is 3. The zero-order valence-corrected chi connectivity index (χ0v) is 23.7. The van der Waals surface area contributed by atoms with Gasteiger partial charge in [-0.05, 0) is 60.9 Å². The van der Waals surface area contributed by atoms with Gasteiger partial charge < -0.3 is 4.74 Å². The lowest BCUT2D eigenvalue weighted by atomic mass is 9.71. The number of benzene rings is 3. The molecule has 6 rings (SSSR count). The molecule has 206 valence electrons. The molecule has 0 N–H and O–H groups in total.